The SMILES string of the molecule is C[C@H](NCC(O)COc1cccc(Br)c1)c1ccccc1. The lowest BCUT2D eigenvalue weighted by Crippen LogP contribution is -2.33. The molecule has 0 aliphatic rings. The van der Waals surface area contributed by atoms with Gasteiger partial charge in [0.25, 0.3) is 0 Å². The van der Waals surface area contributed by atoms with Crippen molar-refractivity contribution in [2.75, 3.05) is 13.2 Å². The molecular weight excluding hydrogens is 330 g/mol. The van der Waals surface area contributed by atoms with Gasteiger partial charge >= 0.3 is 0 Å². The van der Waals surface area contributed by atoms with Crippen LogP contribution in [0.15, 0.2) is 59.1 Å². The van der Waals surface area contributed by atoms with Crippen molar-refractivity contribution in [2.45, 2.75) is 19.1 Å². The summed E-state index contributed by atoms with van der Waals surface area (Å²) in [5, 5.41) is 13.3. The van der Waals surface area contributed by atoms with Crippen molar-refractivity contribution in [1.82, 2.24) is 5.32 Å². The van der Waals surface area contributed by atoms with Crippen LogP contribution in [0.3, 0.4) is 0 Å². The van der Waals surface area contributed by atoms with E-state index in [1.807, 2.05) is 42.5 Å². The molecule has 0 aliphatic heterocycles. The molecule has 0 spiro atoms. The van der Waals surface area contributed by atoms with Crippen LogP contribution in [0, 0.1) is 0 Å². The summed E-state index contributed by atoms with van der Waals surface area (Å²) in [7, 11) is 0. The van der Waals surface area contributed by atoms with Gasteiger partial charge in [-0.15, -0.1) is 0 Å². The van der Waals surface area contributed by atoms with Gasteiger partial charge in [-0.05, 0) is 30.7 Å². The molecule has 0 saturated heterocycles. The van der Waals surface area contributed by atoms with E-state index in [0.717, 1.165) is 10.2 Å². The van der Waals surface area contributed by atoms with E-state index in [1.165, 1.54) is 5.56 Å². The Morgan fingerprint density at radius 2 is 1.90 bits per heavy atom. The van der Waals surface area contributed by atoms with Crippen LogP contribution in [0.4, 0.5) is 0 Å². The fraction of sp³-hybridized carbons (Fsp3) is 0.294. The summed E-state index contributed by atoms with van der Waals surface area (Å²) in [5.41, 5.74) is 1.21. The van der Waals surface area contributed by atoms with E-state index in [2.05, 4.69) is 40.3 Å². The van der Waals surface area contributed by atoms with Crippen LogP contribution in [-0.2, 0) is 0 Å². The van der Waals surface area contributed by atoms with Gasteiger partial charge in [0, 0.05) is 17.1 Å². The predicted molar refractivity (Wildman–Crippen MR) is 88.5 cm³/mol. The van der Waals surface area contributed by atoms with Crippen molar-refractivity contribution in [3.63, 3.8) is 0 Å². The number of rotatable bonds is 7. The zero-order chi connectivity index (χ0) is 15.1. The van der Waals surface area contributed by atoms with Gasteiger partial charge in [0.05, 0.1) is 0 Å². The largest absolute Gasteiger partial charge is 0.491 e. The van der Waals surface area contributed by atoms with Crippen molar-refractivity contribution in [2.24, 2.45) is 0 Å². The van der Waals surface area contributed by atoms with Crippen molar-refractivity contribution < 1.29 is 9.84 Å². The lowest BCUT2D eigenvalue weighted by Gasteiger charge is -2.18. The van der Waals surface area contributed by atoms with Crippen molar-refractivity contribution >= 4 is 15.9 Å². The number of hydrogen-bond donors (Lipinski definition) is 2. The zero-order valence-electron chi connectivity index (χ0n) is 12.0. The Hall–Kier alpha value is -1.36. The molecular formula is C17H20BrNO2. The summed E-state index contributed by atoms with van der Waals surface area (Å²) in [6.45, 7) is 2.84. The van der Waals surface area contributed by atoms with Crippen molar-refractivity contribution in [3.05, 3.63) is 64.6 Å². The molecule has 0 aromatic heterocycles. The molecule has 4 heteroatoms. The second kappa shape index (κ2) is 8.17. The number of ether oxygens (including phenoxy) is 1. The molecule has 0 radical (unpaired) electrons. The van der Waals surface area contributed by atoms with E-state index < -0.39 is 6.10 Å². The van der Waals surface area contributed by atoms with Crippen LogP contribution in [0.2, 0.25) is 0 Å². The topological polar surface area (TPSA) is 41.5 Å². The average Bonchev–Trinajstić information content (AvgIpc) is 2.51. The molecule has 2 N–H and O–H groups in total. The first-order valence-corrected chi connectivity index (χ1v) is 7.79. The molecule has 1 unspecified atom stereocenters. The summed E-state index contributed by atoms with van der Waals surface area (Å²) >= 11 is 3.39. The standard InChI is InChI=1S/C17H20BrNO2/c1-13(14-6-3-2-4-7-14)19-11-16(20)12-21-17-9-5-8-15(18)10-17/h2-10,13,16,19-20H,11-12H2,1H3/t13-,16?/m0/s1. The molecule has 112 valence electrons. The van der Waals surface area contributed by atoms with Crippen molar-refractivity contribution in [3.8, 4) is 5.75 Å². The molecule has 2 aromatic rings. The maximum Gasteiger partial charge on any atom is 0.120 e. The van der Waals surface area contributed by atoms with Crippen LogP contribution in [0.5, 0.6) is 5.75 Å². The third kappa shape index (κ3) is 5.50. The van der Waals surface area contributed by atoms with Gasteiger partial charge < -0.3 is 15.2 Å². The van der Waals surface area contributed by atoms with E-state index in [9.17, 15) is 5.11 Å². The predicted octanol–water partition coefficient (Wildman–Crippen LogP) is 3.54. The number of halogens is 1. The maximum atomic E-state index is 9.98. The Morgan fingerprint density at radius 3 is 2.62 bits per heavy atom. The second-order valence-electron chi connectivity index (χ2n) is 4.96. The Bertz CT molecular complexity index is 547. The smallest absolute Gasteiger partial charge is 0.120 e. The minimum Gasteiger partial charge on any atom is -0.491 e. The van der Waals surface area contributed by atoms with Gasteiger partial charge in [-0.25, -0.2) is 0 Å². The number of nitrogens with one attached hydrogen (secondary N) is 1. The molecule has 2 aromatic carbocycles. The quantitative estimate of drug-likeness (QED) is 0.803. The normalized spacial score (nSPS) is 13.7. The summed E-state index contributed by atoms with van der Waals surface area (Å²) in [4.78, 5) is 0. The van der Waals surface area contributed by atoms with Gasteiger partial charge in [-0.2, -0.15) is 0 Å². The second-order valence-corrected chi connectivity index (χ2v) is 5.88. The van der Waals surface area contributed by atoms with E-state index in [1.54, 1.807) is 0 Å². The van der Waals surface area contributed by atoms with E-state index in [4.69, 9.17) is 4.74 Å². The summed E-state index contributed by atoms with van der Waals surface area (Å²) in [5.74, 6) is 0.750. The first kappa shape index (κ1) is 16.0. The van der Waals surface area contributed by atoms with Crippen LogP contribution in [0.25, 0.3) is 0 Å². The van der Waals surface area contributed by atoms with Gasteiger partial charge in [0.1, 0.15) is 18.5 Å². The fourth-order valence-electron chi connectivity index (χ4n) is 1.98. The molecule has 0 bridgehead atoms. The molecule has 0 aliphatic carbocycles. The Labute approximate surface area is 134 Å². The van der Waals surface area contributed by atoms with Crippen LogP contribution in [-0.4, -0.2) is 24.4 Å². The highest BCUT2D eigenvalue weighted by atomic mass is 79.9. The zero-order valence-corrected chi connectivity index (χ0v) is 13.6. The molecule has 0 amide bonds. The van der Waals surface area contributed by atoms with Gasteiger partial charge in [0.15, 0.2) is 0 Å². The molecule has 3 nitrogen and oxygen atoms in total. The minimum atomic E-state index is -0.546. The average molecular weight is 350 g/mol. The Morgan fingerprint density at radius 1 is 1.14 bits per heavy atom. The molecule has 2 rings (SSSR count). The van der Waals surface area contributed by atoms with E-state index in [0.29, 0.717) is 6.54 Å². The van der Waals surface area contributed by atoms with Crippen LogP contribution < -0.4 is 10.1 Å². The van der Waals surface area contributed by atoms with Crippen LogP contribution >= 0.6 is 15.9 Å². The highest BCUT2D eigenvalue weighted by molar-refractivity contribution is 9.10. The molecule has 0 fully saturated rings. The number of benzene rings is 2. The van der Waals surface area contributed by atoms with Gasteiger partial charge in [-0.3, -0.25) is 0 Å². The van der Waals surface area contributed by atoms with E-state index >= 15 is 0 Å². The highest BCUT2D eigenvalue weighted by Gasteiger charge is 2.09. The molecule has 2 atom stereocenters. The van der Waals surface area contributed by atoms with Gasteiger partial charge in [0.2, 0.25) is 0 Å². The Kier molecular flexibility index (Phi) is 6.23. The lowest BCUT2D eigenvalue weighted by atomic mass is 10.1. The van der Waals surface area contributed by atoms with Crippen LogP contribution in [0.1, 0.15) is 18.5 Å². The number of aliphatic hydroxyl groups is 1. The van der Waals surface area contributed by atoms with Gasteiger partial charge in [-0.1, -0.05) is 52.3 Å². The number of aliphatic hydroxyl groups excluding tert-OH is 1. The lowest BCUT2D eigenvalue weighted by molar-refractivity contribution is 0.104. The first-order chi connectivity index (χ1) is 10.1. The highest BCUT2D eigenvalue weighted by Crippen LogP contribution is 2.18. The monoisotopic (exact) mass is 349 g/mol. The third-order valence-corrected chi connectivity index (χ3v) is 3.69. The first-order valence-electron chi connectivity index (χ1n) is 7.00. The molecule has 0 saturated carbocycles. The molecule has 21 heavy (non-hydrogen) atoms. The Balaban J connectivity index is 1.73. The summed E-state index contributed by atoms with van der Waals surface area (Å²) in [6.07, 6.45) is -0.546. The summed E-state index contributed by atoms with van der Waals surface area (Å²) in [6, 6.07) is 18.0. The minimum absolute atomic E-state index is 0.201. The van der Waals surface area contributed by atoms with E-state index in [-0.39, 0.29) is 12.6 Å². The van der Waals surface area contributed by atoms with Crippen molar-refractivity contribution in [1.29, 1.82) is 0 Å². The maximum absolute atomic E-state index is 9.98. The number of hydrogen-bond acceptors (Lipinski definition) is 3. The fourth-order valence-corrected chi connectivity index (χ4v) is 2.36. The molecule has 0 heterocycles. The summed E-state index contributed by atoms with van der Waals surface area (Å²) < 4.78 is 6.53. The third-order valence-electron chi connectivity index (χ3n) is 3.20.